The van der Waals surface area contributed by atoms with Gasteiger partial charge in [-0.15, -0.1) is 0 Å². The largest absolute Gasteiger partial charge is 0.465 e. The molecule has 0 aliphatic heterocycles. The van der Waals surface area contributed by atoms with Crippen LogP contribution in [0.5, 0.6) is 0 Å². The van der Waals surface area contributed by atoms with Crippen molar-refractivity contribution in [2.75, 3.05) is 12.4 Å². The van der Waals surface area contributed by atoms with E-state index in [-0.39, 0.29) is 17.3 Å². The highest BCUT2D eigenvalue weighted by Gasteiger charge is 2.27. The molecule has 5 nitrogen and oxygen atoms in total. The van der Waals surface area contributed by atoms with E-state index in [0.717, 1.165) is 25.7 Å². The highest BCUT2D eigenvalue weighted by molar-refractivity contribution is 6.00. The summed E-state index contributed by atoms with van der Waals surface area (Å²) < 4.78 is 23.7. The molecule has 0 saturated heterocycles. The van der Waals surface area contributed by atoms with Crippen molar-refractivity contribution in [3.8, 4) is 11.3 Å². The fourth-order valence-corrected chi connectivity index (χ4v) is 3.12. The predicted octanol–water partition coefficient (Wildman–Crippen LogP) is 4.40. The first kappa shape index (κ1) is 16.5. The lowest BCUT2D eigenvalue weighted by atomic mass is 10.1. The summed E-state index contributed by atoms with van der Waals surface area (Å²) in [4.78, 5) is 12.2. The summed E-state index contributed by atoms with van der Waals surface area (Å²) in [7, 11) is 1.31. The first-order valence-electron chi connectivity index (χ1n) is 8.29. The number of nitrogens with one attached hydrogen (secondary N) is 1. The Balaban J connectivity index is 1.93. The molecule has 0 radical (unpaired) electrons. The van der Waals surface area contributed by atoms with Gasteiger partial charge in [0.2, 0.25) is 5.88 Å². The normalized spacial score (nSPS) is 15.8. The Morgan fingerprint density at radius 2 is 2.04 bits per heavy atom. The van der Waals surface area contributed by atoms with E-state index in [1.54, 1.807) is 12.1 Å². The first-order chi connectivity index (χ1) is 11.7. The molecule has 6 heteroatoms. The molecule has 0 amide bonds. The van der Waals surface area contributed by atoms with Crippen molar-refractivity contribution in [3.63, 3.8) is 0 Å². The number of halogens is 1. The van der Waals surface area contributed by atoms with Crippen molar-refractivity contribution in [2.45, 2.75) is 44.6 Å². The van der Waals surface area contributed by atoms with E-state index in [9.17, 15) is 9.18 Å². The van der Waals surface area contributed by atoms with Gasteiger partial charge in [0.25, 0.3) is 0 Å². The molecule has 0 bridgehead atoms. The van der Waals surface area contributed by atoms with Crippen LogP contribution in [0.2, 0.25) is 0 Å². The van der Waals surface area contributed by atoms with Gasteiger partial charge < -0.3 is 14.6 Å². The van der Waals surface area contributed by atoms with Crippen LogP contribution >= 0.6 is 0 Å². The molecule has 0 atom stereocenters. The zero-order chi connectivity index (χ0) is 16.9. The number of benzene rings is 1. The molecular weight excluding hydrogens is 311 g/mol. The maximum atomic E-state index is 13.5. The summed E-state index contributed by atoms with van der Waals surface area (Å²) in [6, 6.07) is 6.15. The average Bonchev–Trinajstić information content (AvgIpc) is 2.82. The number of hydrogen-bond acceptors (Lipinski definition) is 5. The van der Waals surface area contributed by atoms with E-state index < -0.39 is 11.8 Å². The minimum absolute atomic E-state index is 0.215. The Kier molecular flexibility index (Phi) is 5.13. The zero-order valence-electron chi connectivity index (χ0n) is 13.7. The van der Waals surface area contributed by atoms with Gasteiger partial charge in [-0.05, 0) is 25.0 Å². The summed E-state index contributed by atoms with van der Waals surface area (Å²) in [6.07, 6.45) is 6.80. The number of ether oxygens (including phenoxy) is 1. The van der Waals surface area contributed by atoms with Crippen LogP contribution in [0.25, 0.3) is 11.3 Å². The molecule has 3 rings (SSSR count). The van der Waals surface area contributed by atoms with Crippen molar-refractivity contribution >= 4 is 11.9 Å². The number of esters is 1. The topological polar surface area (TPSA) is 64.4 Å². The van der Waals surface area contributed by atoms with E-state index in [1.807, 2.05) is 0 Å². The van der Waals surface area contributed by atoms with Crippen LogP contribution in [-0.2, 0) is 4.74 Å². The molecule has 1 aliphatic rings. The second-order valence-corrected chi connectivity index (χ2v) is 6.07. The Labute approximate surface area is 140 Å². The summed E-state index contributed by atoms with van der Waals surface area (Å²) in [5, 5.41) is 7.27. The number of anilines is 1. The van der Waals surface area contributed by atoms with Crippen LogP contribution in [0.15, 0.2) is 28.8 Å². The highest BCUT2D eigenvalue weighted by Crippen LogP contribution is 2.31. The van der Waals surface area contributed by atoms with E-state index in [2.05, 4.69) is 10.5 Å². The summed E-state index contributed by atoms with van der Waals surface area (Å²) in [6.45, 7) is 0. The molecular formula is C18H21FN2O3. The molecule has 0 unspecified atom stereocenters. The fourth-order valence-electron chi connectivity index (χ4n) is 3.12. The summed E-state index contributed by atoms with van der Waals surface area (Å²) >= 11 is 0. The molecule has 1 aromatic carbocycles. The highest BCUT2D eigenvalue weighted by atomic mass is 19.1. The third-order valence-electron chi connectivity index (χ3n) is 4.37. The van der Waals surface area contributed by atoms with E-state index in [0.29, 0.717) is 11.4 Å². The van der Waals surface area contributed by atoms with Gasteiger partial charge in [0.1, 0.15) is 11.5 Å². The van der Waals surface area contributed by atoms with Gasteiger partial charge in [0.15, 0.2) is 5.56 Å². The Bertz CT molecular complexity index is 706. The van der Waals surface area contributed by atoms with Gasteiger partial charge in [-0.2, -0.15) is 0 Å². The number of carbonyl (C=O) groups excluding carboxylic acids is 1. The molecule has 0 spiro atoms. The monoisotopic (exact) mass is 332 g/mol. The van der Waals surface area contributed by atoms with Crippen LogP contribution in [0.4, 0.5) is 10.3 Å². The second kappa shape index (κ2) is 7.47. The van der Waals surface area contributed by atoms with Crippen LogP contribution in [-0.4, -0.2) is 24.3 Å². The minimum atomic E-state index is -0.549. The van der Waals surface area contributed by atoms with E-state index in [4.69, 9.17) is 9.26 Å². The lowest BCUT2D eigenvalue weighted by Crippen LogP contribution is -2.19. The Morgan fingerprint density at radius 1 is 1.29 bits per heavy atom. The number of carbonyl (C=O) groups is 1. The number of hydrogen-bond donors (Lipinski definition) is 1. The lowest BCUT2D eigenvalue weighted by Gasteiger charge is -2.15. The average molecular weight is 332 g/mol. The van der Waals surface area contributed by atoms with Crippen LogP contribution in [0.3, 0.4) is 0 Å². The number of nitrogens with zero attached hydrogens (tertiary/aromatic N) is 1. The number of methoxy groups -OCH3 is 1. The third-order valence-corrected chi connectivity index (χ3v) is 4.37. The maximum Gasteiger partial charge on any atom is 0.345 e. The van der Waals surface area contributed by atoms with Gasteiger partial charge in [-0.25, -0.2) is 9.18 Å². The van der Waals surface area contributed by atoms with Gasteiger partial charge in [-0.1, -0.05) is 43.0 Å². The lowest BCUT2D eigenvalue weighted by molar-refractivity contribution is 0.0602. The molecule has 1 heterocycles. The Hall–Kier alpha value is -2.37. The standard InChI is InChI=1S/C18H21FN2O3/c1-23-18(22)15-16(12-7-6-8-13(19)11-12)21-24-17(15)20-14-9-4-2-3-5-10-14/h6-8,11,14,20H,2-5,9-10H2,1H3. The Morgan fingerprint density at radius 3 is 2.71 bits per heavy atom. The summed E-state index contributed by atoms with van der Waals surface area (Å²) in [5.74, 6) is -0.649. The molecule has 1 N–H and O–H groups in total. The van der Waals surface area contributed by atoms with Crippen molar-refractivity contribution in [3.05, 3.63) is 35.6 Å². The molecule has 24 heavy (non-hydrogen) atoms. The third kappa shape index (κ3) is 3.58. The van der Waals surface area contributed by atoms with Gasteiger partial charge in [0, 0.05) is 11.6 Å². The van der Waals surface area contributed by atoms with Gasteiger partial charge >= 0.3 is 5.97 Å². The van der Waals surface area contributed by atoms with Crippen LogP contribution in [0, 0.1) is 5.82 Å². The van der Waals surface area contributed by atoms with E-state index in [1.165, 1.54) is 32.1 Å². The predicted molar refractivity (Wildman–Crippen MR) is 88.3 cm³/mol. The summed E-state index contributed by atoms with van der Waals surface area (Å²) in [5.41, 5.74) is 0.984. The van der Waals surface area contributed by atoms with Crippen LogP contribution in [0.1, 0.15) is 48.9 Å². The van der Waals surface area contributed by atoms with Crippen molar-refractivity contribution in [2.24, 2.45) is 0 Å². The molecule has 2 aromatic rings. The van der Waals surface area contributed by atoms with Gasteiger partial charge in [-0.3, -0.25) is 0 Å². The second-order valence-electron chi connectivity index (χ2n) is 6.07. The maximum absolute atomic E-state index is 13.5. The molecule has 128 valence electrons. The minimum Gasteiger partial charge on any atom is -0.465 e. The fraction of sp³-hybridized carbons (Fsp3) is 0.444. The van der Waals surface area contributed by atoms with E-state index >= 15 is 0 Å². The zero-order valence-corrected chi connectivity index (χ0v) is 13.7. The number of aromatic nitrogens is 1. The van der Waals surface area contributed by atoms with Crippen LogP contribution < -0.4 is 5.32 Å². The smallest absolute Gasteiger partial charge is 0.345 e. The molecule has 1 saturated carbocycles. The van der Waals surface area contributed by atoms with Crippen molar-refractivity contribution < 1.29 is 18.4 Å². The molecule has 1 fully saturated rings. The van der Waals surface area contributed by atoms with Gasteiger partial charge in [0.05, 0.1) is 7.11 Å². The quantitative estimate of drug-likeness (QED) is 0.664. The first-order valence-corrected chi connectivity index (χ1v) is 8.29. The molecule has 1 aliphatic carbocycles. The molecule has 1 aromatic heterocycles. The SMILES string of the molecule is COC(=O)c1c(-c2cccc(F)c2)noc1NC1CCCCCC1. The number of rotatable bonds is 4. The van der Waals surface area contributed by atoms with Crippen molar-refractivity contribution in [1.82, 2.24) is 5.16 Å². The van der Waals surface area contributed by atoms with Crippen molar-refractivity contribution in [1.29, 1.82) is 0 Å².